The normalized spacial score (nSPS) is 23.6. The molecule has 4 heterocycles. The SMILES string of the molecule is C=C(N[C@H](C(=O)N1C[C@@H]2CC[C@@]1(c1nc(-c3ccc(-c4ccc(-c5c[nH]c([C@@]67CC[C@@H](CN6C(=O)[C@@H](NC(=O)OC)C(C)C)C7)n5)c5ccccc45)cc3)c[nH]1)C2)C(C)C)OC. The number of aromatic amines is 2. The van der Waals surface area contributed by atoms with Gasteiger partial charge in [-0.05, 0) is 90.7 Å². The molecular weight excluding hydrogens is 781 g/mol. The lowest BCUT2D eigenvalue weighted by Crippen LogP contribution is -2.56. The third-order valence-corrected chi connectivity index (χ3v) is 14.2. The second-order valence-electron chi connectivity index (χ2n) is 18.6. The highest BCUT2D eigenvalue weighted by atomic mass is 16.5. The lowest BCUT2D eigenvalue weighted by atomic mass is 9.92. The number of fused-ring (bicyclic) bond motifs is 5. The fraction of sp³-hybridized carbons (Fsp3) is 0.449. The molecule has 2 aromatic heterocycles. The summed E-state index contributed by atoms with van der Waals surface area (Å²) < 4.78 is 10.1. The number of imidazole rings is 2. The van der Waals surface area contributed by atoms with Gasteiger partial charge in [-0.1, -0.05) is 88.4 Å². The molecule has 3 aromatic carbocycles. The summed E-state index contributed by atoms with van der Waals surface area (Å²) in [5.74, 6) is 2.74. The highest BCUT2D eigenvalue weighted by molar-refractivity contribution is 6.04. The summed E-state index contributed by atoms with van der Waals surface area (Å²) in [5.41, 5.74) is 4.84. The van der Waals surface area contributed by atoms with Crippen LogP contribution in [0.4, 0.5) is 4.79 Å². The van der Waals surface area contributed by atoms with Crippen LogP contribution in [0.25, 0.3) is 44.4 Å². The van der Waals surface area contributed by atoms with Gasteiger partial charge in [-0.3, -0.25) is 9.59 Å². The van der Waals surface area contributed by atoms with Gasteiger partial charge in [-0.2, -0.15) is 0 Å². The predicted octanol–water partition coefficient (Wildman–Crippen LogP) is 8.07. The number of carbonyl (C=O) groups excluding carboxylic acids is 3. The summed E-state index contributed by atoms with van der Waals surface area (Å²) in [6.45, 7) is 13.2. The minimum Gasteiger partial charge on any atom is -0.483 e. The molecule has 5 aromatic rings. The van der Waals surface area contributed by atoms with Gasteiger partial charge in [0.05, 0.1) is 25.6 Å². The van der Waals surface area contributed by atoms with E-state index >= 15 is 0 Å². The molecule has 2 aliphatic carbocycles. The zero-order valence-electron chi connectivity index (χ0n) is 36.6. The molecular formula is C49H58N8O5. The highest BCUT2D eigenvalue weighted by Gasteiger charge is 2.58. The first-order valence-electron chi connectivity index (χ1n) is 22.1. The van der Waals surface area contributed by atoms with Gasteiger partial charge >= 0.3 is 6.09 Å². The van der Waals surface area contributed by atoms with Crippen molar-refractivity contribution in [1.29, 1.82) is 0 Å². The number of rotatable bonds is 13. The number of alkyl carbamates (subject to hydrolysis) is 1. The molecule has 0 radical (unpaired) electrons. The molecule has 13 nitrogen and oxygen atoms in total. The number of hydrogen-bond acceptors (Lipinski definition) is 8. The number of methoxy groups -OCH3 is 2. The van der Waals surface area contributed by atoms with Crippen molar-refractivity contribution in [2.75, 3.05) is 27.3 Å². The Balaban J connectivity index is 0.966. The van der Waals surface area contributed by atoms with E-state index in [0.29, 0.717) is 24.3 Å². The monoisotopic (exact) mass is 838 g/mol. The average molecular weight is 839 g/mol. The van der Waals surface area contributed by atoms with Crippen LogP contribution in [-0.4, -0.2) is 87.0 Å². The van der Waals surface area contributed by atoms with E-state index in [2.05, 4.69) is 92.7 Å². The molecule has 6 atom stereocenters. The number of benzene rings is 3. The molecule has 3 amide bonds. The summed E-state index contributed by atoms with van der Waals surface area (Å²) >= 11 is 0. The topological polar surface area (TPSA) is 158 Å². The van der Waals surface area contributed by atoms with Gasteiger partial charge in [0.25, 0.3) is 0 Å². The van der Waals surface area contributed by atoms with Crippen molar-refractivity contribution >= 4 is 28.7 Å². The zero-order valence-corrected chi connectivity index (χ0v) is 36.6. The van der Waals surface area contributed by atoms with Crippen molar-refractivity contribution in [3.63, 3.8) is 0 Å². The molecule has 9 rings (SSSR count). The van der Waals surface area contributed by atoms with Crippen LogP contribution < -0.4 is 10.6 Å². The van der Waals surface area contributed by atoms with Gasteiger partial charge in [0.2, 0.25) is 11.8 Å². The van der Waals surface area contributed by atoms with E-state index in [1.54, 1.807) is 7.11 Å². The second kappa shape index (κ2) is 16.0. The van der Waals surface area contributed by atoms with Crippen molar-refractivity contribution in [3.05, 3.63) is 97.2 Å². The third-order valence-electron chi connectivity index (χ3n) is 14.2. The van der Waals surface area contributed by atoms with Crippen LogP contribution in [0, 0.1) is 23.7 Å². The number of hydrogen-bond donors (Lipinski definition) is 4. The zero-order chi connectivity index (χ0) is 43.5. The van der Waals surface area contributed by atoms with E-state index in [4.69, 9.17) is 19.4 Å². The predicted molar refractivity (Wildman–Crippen MR) is 238 cm³/mol. The Morgan fingerprint density at radius 3 is 1.73 bits per heavy atom. The van der Waals surface area contributed by atoms with Gasteiger partial charge in [0.15, 0.2) is 5.88 Å². The summed E-state index contributed by atoms with van der Waals surface area (Å²) in [5, 5.41) is 8.18. The molecule has 4 fully saturated rings. The second-order valence-corrected chi connectivity index (χ2v) is 18.6. The van der Waals surface area contributed by atoms with E-state index in [1.807, 2.05) is 45.0 Å². The van der Waals surface area contributed by atoms with Gasteiger partial charge in [-0.15, -0.1) is 0 Å². The number of likely N-dealkylation sites (tertiary alicyclic amines) is 2. The number of H-pyrrole nitrogens is 2. The summed E-state index contributed by atoms with van der Waals surface area (Å²) in [6, 6.07) is 20.1. The Morgan fingerprint density at radius 2 is 1.19 bits per heavy atom. The van der Waals surface area contributed by atoms with Crippen LogP contribution in [0.5, 0.6) is 0 Å². The first-order valence-corrected chi connectivity index (χ1v) is 22.1. The number of amides is 3. The Labute approximate surface area is 363 Å². The molecule has 13 heteroatoms. The van der Waals surface area contributed by atoms with Crippen molar-refractivity contribution < 1.29 is 23.9 Å². The van der Waals surface area contributed by atoms with Gasteiger partial charge in [0.1, 0.15) is 34.8 Å². The number of carbonyl (C=O) groups is 3. The maximum Gasteiger partial charge on any atom is 0.407 e. The first kappa shape index (κ1) is 41.3. The lowest BCUT2D eigenvalue weighted by molar-refractivity contribution is -0.141. The molecule has 2 saturated heterocycles. The van der Waals surface area contributed by atoms with Gasteiger partial charge < -0.3 is 39.9 Å². The highest BCUT2D eigenvalue weighted by Crippen LogP contribution is 2.54. The van der Waals surface area contributed by atoms with E-state index in [9.17, 15) is 14.4 Å². The molecule has 4 N–H and O–H groups in total. The number of aromatic nitrogens is 4. The van der Waals surface area contributed by atoms with E-state index in [0.717, 1.165) is 101 Å². The maximum atomic E-state index is 14.1. The lowest BCUT2D eigenvalue weighted by Gasteiger charge is -2.40. The van der Waals surface area contributed by atoms with Crippen LogP contribution in [-0.2, 0) is 30.1 Å². The van der Waals surface area contributed by atoms with E-state index in [1.165, 1.54) is 7.11 Å². The smallest absolute Gasteiger partial charge is 0.407 e. The largest absolute Gasteiger partial charge is 0.483 e. The van der Waals surface area contributed by atoms with Gasteiger partial charge in [-0.25, -0.2) is 14.8 Å². The third kappa shape index (κ3) is 6.89. The summed E-state index contributed by atoms with van der Waals surface area (Å²) in [6.07, 6.45) is 8.85. The van der Waals surface area contributed by atoms with Crippen molar-refractivity contribution in [2.24, 2.45) is 23.7 Å². The molecule has 62 heavy (non-hydrogen) atoms. The summed E-state index contributed by atoms with van der Waals surface area (Å²) in [4.78, 5) is 61.9. The molecule has 4 bridgehead atoms. The maximum absolute atomic E-state index is 14.1. The minimum atomic E-state index is -0.695. The minimum absolute atomic E-state index is 0.0482. The standard InChI is InChI=1S/C49H58N8O5/c1-28(2)41(52-30(5)61-6)43(58)56-26-31-18-20-48(56,22-31)45-50-24-39(53-45)34-14-12-33(13-15-34)35-16-17-38(37-11-9-8-10-36(35)37)40-25-51-46(54-40)49-21-19-32(23-49)27-57(49)44(59)42(29(3)4)55-47(60)62-7/h8-17,24-25,28-29,31-32,41-42,52H,5,18-23,26-27H2,1-4,6-7H3,(H,50,53)(H,51,54)(H,55,60)/t31-,32-,41+,42+,48+,49+/m1/s1. The summed E-state index contributed by atoms with van der Waals surface area (Å²) in [7, 11) is 2.87. The number of nitrogens with zero attached hydrogens (tertiary/aromatic N) is 4. The fourth-order valence-electron chi connectivity index (χ4n) is 11.0. The van der Waals surface area contributed by atoms with Crippen LogP contribution in [0.3, 0.4) is 0 Å². The quantitative estimate of drug-likeness (QED) is 0.0868. The molecule has 4 aliphatic rings. The molecule has 0 unspecified atom stereocenters. The molecule has 2 saturated carbocycles. The first-order chi connectivity index (χ1) is 29.8. The van der Waals surface area contributed by atoms with E-state index in [-0.39, 0.29) is 23.7 Å². The Hall–Kier alpha value is -6.11. The van der Waals surface area contributed by atoms with Crippen LogP contribution >= 0.6 is 0 Å². The number of ether oxygens (including phenoxy) is 2. The van der Waals surface area contributed by atoms with E-state index < -0.39 is 29.3 Å². The van der Waals surface area contributed by atoms with Crippen LogP contribution in [0.2, 0.25) is 0 Å². The van der Waals surface area contributed by atoms with Crippen LogP contribution in [0.1, 0.15) is 77.9 Å². The average Bonchev–Trinajstić information content (AvgIpc) is 4.16. The van der Waals surface area contributed by atoms with Gasteiger partial charge in [0, 0.05) is 36.6 Å². The Kier molecular flexibility index (Phi) is 10.6. The number of nitrogens with one attached hydrogen (secondary N) is 4. The van der Waals surface area contributed by atoms with Crippen LogP contribution in [0.15, 0.2) is 85.5 Å². The fourth-order valence-corrected chi connectivity index (χ4v) is 11.0. The molecule has 2 aliphatic heterocycles. The Morgan fingerprint density at radius 1 is 0.694 bits per heavy atom. The molecule has 324 valence electrons. The van der Waals surface area contributed by atoms with Crippen molar-refractivity contribution in [3.8, 4) is 33.6 Å². The molecule has 0 spiro atoms. The number of piperidine rings is 2. The Bertz CT molecular complexity index is 2530. The van der Waals surface area contributed by atoms with Crippen molar-refractivity contribution in [2.45, 2.75) is 89.4 Å². The van der Waals surface area contributed by atoms with Crippen molar-refractivity contribution in [1.82, 2.24) is 40.4 Å².